The number of carbonyl (C=O) groups is 1. The molecule has 0 amide bonds. The first-order valence-electron chi connectivity index (χ1n) is 9.36. The molecule has 0 radical (unpaired) electrons. The first-order chi connectivity index (χ1) is 13.5. The summed E-state index contributed by atoms with van der Waals surface area (Å²) >= 11 is 0. The fourth-order valence-corrected chi connectivity index (χ4v) is 3.84. The van der Waals surface area contributed by atoms with Crippen LogP contribution in [0.3, 0.4) is 0 Å². The van der Waals surface area contributed by atoms with Crippen LogP contribution < -0.4 is 0 Å². The van der Waals surface area contributed by atoms with Crippen molar-refractivity contribution in [3.8, 4) is 0 Å². The number of hydrogen-bond donors (Lipinski definition) is 0. The lowest BCUT2D eigenvalue weighted by Crippen LogP contribution is -2.39. The zero-order chi connectivity index (χ0) is 20.0. The lowest BCUT2D eigenvalue weighted by Gasteiger charge is -2.35. The van der Waals surface area contributed by atoms with Crippen LogP contribution in [0.2, 0.25) is 0 Å². The Morgan fingerprint density at radius 3 is 1.50 bits per heavy atom. The molecule has 1 atom stereocenters. The van der Waals surface area contributed by atoms with Crippen molar-refractivity contribution in [2.24, 2.45) is 5.92 Å². The topological polar surface area (TPSA) is 60.2 Å². The van der Waals surface area contributed by atoms with Crippen LogP contribution in [0.25, 0.3) is 0 Å². The van der Waals surface area contributed by atoms with Crippen LogP contribution in [-0.2, 0) is 10.2 Å². The van der Waals surface area contributed by atoms with Crippen LogP contribution >= 0.6 is 0 Å². The van der Waals surface area contributed by atoms with Crippen molar-refractivity contribution in [2.75, 3.05) is 6.54 Å². The maximum Gasteiger partial charge on any atom is 0.206 e. The zero-order valence-electron chi connectivity index (χ0n) is 15.8. The molecule has 0 saturated carbocycles. The molecule has 0 heterocycles. The van der Waals surface area contributed by atoms with E-state index >= 15 is 0 Å². The van der Waals surface area contributed by atoms with E-state index in [4.69, 9.17) is 0 Å². The molecule has 0 fully saturated rings. The van der Waals surface area contributed by atoms with E-state index in [-0.39, 0.29) is 29.6 Å². The van der Waals surface area contributed by atoms with Crippen LogP contribution in [0.4, 0.5) is 0 Å². The Kier molecular flexibility index (Phi) is 5.99. The molecular formula is C24H23NO3. The van der Waals surface area contributed by atoms with Gasteiger partial charge in [0.15, 0.2) is 5.78 Å². The van der Waals surface area contributed by atoms with Gasteiger partial charge in [-0.2, -0.15) is 0 Å². The summed E-state index contributed by atoms with van der Waals surface area (Å²) < 4.78 is 0. The molecule has 0 N–H and O–H groups in total. The van der Waals surface area contributed by atoms with E-state index in [0.29, 0.717) is 0 Å². The van der Waals surface area contributed by atoms with Crippen molar-refractivity contribution >= 4 is 5.78 Å². The number of Topliss-reactive ketones (excluding diaryl/α,β-unsaturated/α-hetero) is 1. The highest BCUT2D eigenvalue weighted by molar-refractivity contribution is 5.97. The number of carbonyl (C=O) groups excluding carboxylic acids is 1. The van der Waals surface area contributed by atoms with Crippen LogP contribution in [-0.4, -0.2) is 17.3 Å². The van der Waals surface area contributed by atoms with Gasteiger partial charge in [0, 0.05) is 17.3 Å². The van der Waals surface area contributed by atoms with Crippen molar-refractivity contribution in [2.45, 2.75) is 18.8 Å². The number of rotatable bonds is 8. The Bertz CT molecular complexity index is 827. The molecule has 0 aliphatic heterocycles. The summed E-state index contributed by atoms with van der Waals surface area (Å²) in [7, 11) is 0. The van der Waals surface area contributed by atoms with E-state index in [1.165, 1.54) is 0 Å². The maximum atomic E-state index is 13.8. The van der Waals surface area contributed by atoms with Crippen LogP contribution in [0.15, 0.2) is 91.0 Å². The molecule has 3 aromatic rings. The highest BCUT2D eigenvalue weighted by Crippen LogP contribution is 2.41. The van der Waals surface area contributed by atoms with E-state index in [2.05, 4.69) is 0 Å². The molecule has 0 aliphatic carbocycles. The first-order valence-corrected chi connectivity index (χ1v) is 9.36. The molecule has 0 bridgehead atoms. The molecule has 0 spiro atoms. The predicted molar refractivity (Wildman–Crippen MR) is 110 cm³/mol. The summed E-state index contributed by atoms with van der Waals surface area (Å²) in [5.74, 6) is -0.386. The number of nitro groups is 1. The van der Waals surface area contributed by atoms with Gasteiger partial charge in [0.1, 0.15) is 5.41 Å². The Hall–Kier alpha value is -3.27. The number of hydrogen-bond acceptors (Lipinski definition) is 3. The maximum absolute atomic E-state index is 13.8. The zero-order valence-corrected chi connectivity index (χ0v) is 15.8. The van der Waals surface area contributed by atoms with Gasteiger partial charge in [-0.05, 0) is 16.7 Å². The first kappa shape index (κ1) is 19.5. The van der Waals surface area contributed by atoms with Gasteiger partial charge >= 0.3 is 0 Å². The third kappa shape index (κ3) is 3.86. The van der Waals surface area contributed by atoms with E-state index < -0.39 is 5.41 Å². The third-order valence-electron chi connectivity index (χ3n) is 5.03. The number of nitrogens with zero attached hydrogens (tertiary/aromatic N) is 1. The lowest BCUT2D eigenvalue weighted by atomic mass is 9.65. The summed E-state index contributed by atoms with van der Waals surface area (Å²) in [6, 6.07) is 29.0. The molecule has 0 aromatic heterocycles. The summed E-state index contributed by atoms with van der Waals surface area (Å²) in [4.78, 5) is 24.4. The summed E-state index contributed by atoms with van der Waals surface area (Å²) in [5, 5.41) is 10.9. The second kappa shape index (κ2) is 8.61. The molecule has 142 valence electrons. The fourth-order valence-electron chi connectivity index (χ4n) is 3.84. The third-order valence-corrected chi connectivity index (χ3v) is 5.03. The monoisotopic (exact) mass is 373 g/mol. The second-order valence-electron chi connectivity index (χ2n) is 7.10. The molecule has 28 heavy (non-hydrogen) atoms. The predicted octanol–water partition coefficient (Wildman–Crippen LogP) is 4.89. The minimum absolute atomic E-state index is 0.0366. The summed E-state index contributed by atoms with van der Waals surface area (Å²) in [6.45, 7) is 1.53. The average Bonchev–Trinajstić information content (AvgIpc) is 2.70. The second-order valence-corrected chi connectivity index (χ2v) is 7.10. The lowest BCUT2D eigenvalue weighted by molar-refractivity contribution is -0.487. The molecule has 4 heteroatoms. The average molecular weight is 373 g/mol. The quantitative estimate of drug-likeness (QED) is 0.321. The van der Waals surface area contributed by atoms with Gasteiger partial charge in [0.2, 0.25) is 6.54 Å². The minimum atomic E-state index is -1.01. The fraction of sp³-hybridized carbons (Fsp3) is 0.208. The molecular weight excluding hydrogens is 350 g/mol. The van der Waals surface area contributed by atoms with Gasteiger partial charge in [-0.3, -0.25) is 14.9 Å². The largest absolute Gasteiger partial charge is 0.298 e. The Morgan fingerprint density at radius 1 is 0.821 bits per heavy atom. The van der Waals surface area contributed by atoms with Crippen LogP contribution in [0.5, 0.6) is 0 Å². The van der Waals surface area contributed by atoms with Crippen LogP contribution in [0, 0.1) is 16.0 Å². The van der Waals surface area contributed by atoms with Crippen molar-refractivity contribution in [1.82, 2.24) is 0 Å². The highest BCUT2D eigenvalue weighted by Gasteiger charge is 2.43. The molecule has 4 nitrogen and oxygen atoms in total. The molecule has 0 saturated heterocycles. The van der Waals surface area contributed by atoms with E-state index in [0.717, 1.165) is 16.7 Å². The Labute approximate surface area is 165 Å². The van der Waals surface area contributed by atoms with E-state index in [1.54, 1.807) is 6.92 Å². The van der Waals surface area contributed by atoms with E-state index in [9.17, 15) is 14.9 Å². The molecule has 3 aromatic carbocycles. The van der Waals surface area contributed by atoms with Gasteiger partial charge < -0.3 is 0 Å². The standard InChI is InChI=1S/C24H23NO3/c1-19(18-25(27)28)17-23(26)24(20-11-5-2-6-12-20,21-13-7-3-8-14-21)22-15-9-4-10-16-22/h2-16,19H,17-18H2,1H3. The summed E-state index contributed by atoms with van der Waals surface area (Å²) in [6.07, 6.45) is 0.125. The Balaban J connectivity index is 2.22. The highest BCUT2D eigenvalue weighted by atomic mass is 16.6. The number of ketones is 1. The normalized spacial score (nSPS) is 12.3. The van der Waals surface area contributed by atoms with Gasteiger partial charge in [-0.15, -0.1) is 0 Å². The summed E-state index contributed by atoms with van der Waals surface area (Å²) in [5.41, 5.74) is 1.59. The van der Waals surface area contributed by atoms with Gasteiger partial charge in [0.25, 0.3) is 0 Å². The van der Waals surface area contributed by atoms with Crippen molar-refractivity contribution in [3.63, 3.8) is 0 Å². The molecule has 1 unspecified atom stereocenters. The molecule has 3 rings (SSSR count). The van der Waals surface area contributed by atoms with Crippen molar-refractivity contribution in [3.05, 3.63) is 118 Å². The smallest absolute Gasteiger partial charge is 0.206 e. The van der Waals surface area contributed by atoms with E-state index in [1.807, 2.05) is 91.0 Å². The van der Waals surface area contributed by atoms with Gasteiger partial charge in [-0.1, -0.05) is 97.9 Å². The van der Waals surface area contributed by atoms with Gasteiger partial charge in [0.05, 0.1) is 0 Å². The molecule has 0 aliphatic rings. The van der Waals surface area contributed by atoms with Crippen molar-refractivity contribution in [1.29, 1.82) is 0 Å². The van der Waals surface area contributed by atoms with Gasteiger partial charge in [-0.25, -0.2) is 0 Å². The minimum Gasteiger partial charge on any atom is -0.298 e. The van der Waals surface area contributed by atoms with Crippen LogP contribution in [0.1, 0.15) is 30.0 Å². The number of benzene rings is 3. The SMILES string of the molecule is CC(CC(=O)C(c1ccccc1)(c1ccccc1)c1ccccc1)C[N+](=O)[O-]. The van der Waals surface area contributed by atoms with Crippen molar-refractivity contribution < 1.29 is 9.72 Å². The Morgan fingerprint density at radius 2 is 1.18 bits per heavy atom.